The van der Waals surface area contributed by atoms with Crippen molar-refractivity contribution in [3.05, 3.63) is 53.8 Å². The summed E-state index contributed by atoms with van der Waals surface area (Å²) in [7, 11) is 0. The lowest BCUT2D eigenvalue weighted by molar-refractivity contribution is 0.0692. The van der Waals surface area contributed by atoms with Crippen molar-refractivity contribution >= 4 is 23.4 Å². The highest BCUT2D eigenvalue weighted by Gasteiger charge is 2.13. The van der Waals surface area contributed by atoms with E-state index in [4.69, 9.17) is 10.8 Å². The van der Waals surface area contributed by atoms with Crippen LogP contribution in [0, 0.1) is 5.82 Å². The molecule has 0 aliphatic rings. The Morgan fingerprint density at radius 1 is 1.17 bits per heavy atom. The molecule has 0 saturated heterocycles. The summed E-state index contributed by atoms with van der Waals surface area (Å²) >= 11 is 1.21. The van der Waals surface area contributed by atoms with Gasteiger partial charge in [0.25, 0.3) is 0 Å². The number of anilines is 1. The Morgan fingerprint density at radius 3 is 2.56 bits per heavy atom. The van der Waals surface area contributed by atoms with Gasteiger partial charge in [0.15, 0.2) is 0 Å². The average molecular weight is 263 g/mol. The van der Waals surface area contributed by atoms with Crippen molar-refractivity contribution in [3.63, 3.8) is 0 Å². The Morgan fingerprint density at radius 2 is 1.89 bits per heavy atom. The number of para-hydroxylation sites is 1. The fourth-order valence-electron chi connectivity index (χ4n) is 1.45. The van der Waals surface area contributed by atoms with Gasteiger partial charge in [-0.2, -0.15) is 0 Å². The molecule has 5 heteroatoms. The number of aromatic carboxylic acids is 1. The molecule has 0 amide bonds. The van der Waals surface area contributed by atoms with E-state index in [1.54, 1.807) is 18.2 Å². The van der Waals surface area contributed by atoms with E-state index in [0.29, 0.717) is 10.6 Å². The van der Waals surface area contributed by atoms with Crippen LogP contribution in [0.3, 0.4) is 0 Å². The average Bonchev–Trinajstić information content (AvgIpc) is 2.34. The number of benzene rings is 2. The van der Waals surface area contributed by atoms with Crippen LogP contribution in [0.4, 0.5) is 10.1 Å². The van der Waals surface area contributed by atoms with Gasteiger partial charge in [-0.15, -0.1) is 0 Å². The van der Waals surface area contributed by atoms with Crippen LogP contribution in [0.25, 0.3) is 0 Å². The maximum absolute atomic E-state index is 13.0. The van der Waals surface area contributed by atoms with Crippen LogP contribution < -0.4 is 5.73 Å². The first-order chi connectivity index (χ1) is 8.58. The number of hydrogen-bond donors (Lipinski definition) is 2. The van der Waals surface area contributed by atoms with Gasteiger partial charge in [0.2, 0.25) is 0 Å². The van der Waals surface area contributed by atoms with Crippen molar-refractivity contribution in [2.45, 2.75) is 9.79 Å². The SMILES string of the molecule is Nc1ccccc1Sc1ccc(F)cc1C(=O)O. The van der Waals surface area contributed by atoms with Gasteiger partial charge in [-0.25, -0.2) is 9.18 Å². The number of carbonyl (C=O) groups is 1. The molecule has 0 saturated carbocycles. The van der Waals surface area contributed by atoms with Crippen LogP contribution >= 0.6 is 11.8 Å². The van der Waals surface area contributed by atoms with Crippen molar-refractivity contribution in [1.82, 2.24) is 0 Å². The molecule has 3 nitrogen and oxygen atoms in total. The molecule has 92 valence electrons. The van der Waals surface area contributed by atoms with E-state index in [0.717, 1.165) is 11.0 Å². The van der Waals surface area contributed by atoms with E-state index in [1.165, 1.54) is 23.9 Å². The van der Waals surface area contributed by atoms with Crippen LogP contribution in [-0.4, -0.2) is 11.1 Å². The molecular weight excluding hydrogens is 253 g/mol. The largest absolute Gasteiger partial charge is 0.478 e. The quantitative estimate of drug-likeness (QED) is 0.834. The minimum Gasteiger partial charge on any atom is -0.478 e. The molecule has 0 fully saturated rings. The summed E-state index contributed by atoms with van der Waals surface area (Å²) in [5.41, 5.74) is 6.27. The summed E-state index contributed by atoms with van der Waals surface area (Å²) in [6.07, 6.45) is 0. The van der Waals surface area contributed by atoms with E-state index in [2.05, 4.69) is 0 Å². The number of hydrogen-bond acceptors (Lipinski definition) is 3. The van der Waals surface area contributed by atoms with Gasteiger partial charge in [0.1, 0.15) is 5.82 Å². The Kier molecular flexibility index (Phi) is 3.53. The topological polar surface area (TPSA) is 63.3 Å². The van der Waals surface area contributed by atoms with E-state index in [9.17, 15) is 9.18 Å². The Balaban J connectivity index is 2.41. The second kappa shape index (κ2) is 5.10. The molecule has 2 aromatic rings. The summed E-state index contributed by atoms with van der Waals surface area (Å²) < 4.78 is 13.0. The first-order valence-corrected chi connectivity index (χ1v) is 5.95. The minimum atomic E-state index is -1.16. The second-order valence-corrected chi connectivity index (χ2v) is 4.67. The number of carboxylic acid groups (broad SMARTS) is 1. The number of nitrogens with two attached hydrogens (primary N) is 1. The first-order valence-electron chi connectivity index (χ1n) is 5.13. The smallest absolute Gasteiger partial charge is 0.336 e. The van der Waals surface area contributed by atoms with Crippen molar-refractivity contribution in [1.29, 1.82) is 0 Å². The Hall–Kier alpha value is -2.01. The molecule has 0 aliphatic carbocycles. The van der Waals surface area contributed by atoms with Crippen molar-refractivity contribution in [2.75, 3.05) is 5.73 Å². The number of nitrogen functional groups attached to an aromatic ring is 1. The lowest BCUT2D eigenvalue weighted by Crippen LogP contribution is -2.00. The van der Waals surface area contributed by atoms with E-state index in [1.807, 2.05) is 6.07 Å². The van der Waals surface area contributed by atoms with Gasteiger partial charge < -0.3 is 10.8 Å². The zero-order valence-electron chi connectivity index (χ0n) is 9.26. The summed E-state index contributed by atoms with van der Waals surface area (Å²) in [5, 5.41) is 9.03. The van der Waals surface area contributed by atoms with Crippen LogP contribution in [-0.2, 0) is 0 Å². The third kappa shape index (κ3) is 2.62. The zero-order chi connectivity index (χ0) is 13.1. The van der Waals surface area contributed by atoms with Crippen LogP contribution in [0.15, 0.2) is 52.3 Å². The standard InChI is InChI=1S/C13H10FNO2S/c14-8-5-6-11(9(7-8)13(16)17)18-12-4-2-1-3-10(12)15/h1-7H,15H2,(H,16,17). The maximum atomic E-state index is 13.0. The van der Waals surface area contributed by atoms with Gasteiger partial charge in [0.05, 0.1) is 5.56 Å². The highest BCUT2D eigenvalue weighted by atomic mass is 32.2. The monoisotopic (exact) mass is 263 g/mol. The summed E-state index contributed by atoms with van der Waals surface area (Å²) in [6.45, 7) is 0. The molecule has 3 N–H and O–H groups in total. The molecule has 0 bridgehead atoms. The van der Waals surface area contributed by atoms with Gasteiger partial charge in [0, 0.05) is 15.5 Å². The summed E-state index contributed by atoms with van der Waals surface area (Å²) in [5.74, 6) is -1.73. The molecule has 0 unspecified atom stereocenters. The lowest BCUT2D eigenvalue weighted by atomic mass is 10.2. The molecule has 0 spiro atoms. The molecular formula is C13H10FNO2S. The molecule has 2 aromatic carbocycles. The van der Waals surface area contributed by atoms with Crippen LogP contribution in [0.1, 0.15) is 10.4 Å². The highest BCUT2D eigenvalue weighted by molar-refractivity contribution is 7.99. The van der Waals surface area contributed by atoms with Crippen LogP contribution in [0.2, 0.25) is 0 Å². The molecule has 0 aliphatic heterocycles. The first kappa shape index (κ1) is 12.4. The second-order valence-electron chi connectivity index (χ2n) is 3.59. The minimum absolute atomic E-state index is 0.0664. The molecule has 2 rings (SSSR count). The zero-order valence-corrected chi connectivity index (χ0v) is 10.1. The Labute approximate surface area is 107 Å². The Bertz CT molecular complexity index is 601. The third-order valence-electron chi connectivity index (χ3n) is 2.31. The summed E-state index contributed by atoms with van der Waals surface area (Å²) in [4.78, 5) is 12.2. The fourth-order valence-corrected chi connectivity index (χ4v) is 2.41. The highest BCUT2D eigenvalue weighted by Crippen LogP contribution is 2.34. The fraction of sp³-hybridized carbons (Fsp3) is 0. The predicted octanol–water partition coefficient (Wildman–Crippen LogP) is 3.26. The molecule has 0 heterocycles. The van der Waals surface area contributed by atoms with Crippen molar-refractivity contribution in [3.8, 4) is 0 Å². The number of rotatable bonds is 3. The van der Waals surface area contributed by atoms with E-state index >= 15 is 0 Å². The number of carboxylic acids is 1. The normalized spacial score (nSPS) is 10.3. The molecule has 0 atom stereocenters. The molecule has 18 heavy (non-hydrogen) atoms. The third-order valence-corrected chi connectivity index (χ3v) is 3.48. The molecule has 0 radical (unpaired) electrons. The van der Waals surface area contributed by atoms with Gasteiger partial charge in [-0.3, -0.25) is 0 Å². The molecule has 0 aromatic heterocycles. The van der Waals surface area contributed by atoms with Crippen molar-refractivity contribution < 1.29 is 14.3 Å². The van der Waals surface area contributed by atoms with Gasteiger partial charge >= 0.3 is 5.97 Å². The lowest BCUT2D eigenvalue weighted by Gasteiger charge is -2.07. The van der Waals surface area contributed by atoms with Gasteiger partial charge in [-0.05, 0) is 30.3 Å². The number of halogens is 1. The summed E-state index contributed by atoms with van der Waals surface area (Å²) in [6, 6.07) is 10.8. The van der Waals surface area contributed by atoms with E-state index < -0.39 is 11.8 Å². The maximum Gasteiger partial charge on any atom is 0.336 e. The van der Waals surface area contributed by atoms with Crippen molar-refractivity contribution in [2.24, 2.45) is 0 Å². The predicted molar refractivity (Wildman–Crippen MR) is 68.3 cm³/mol. The van der Waals surface area contributed by atoms with E-state index in [-0.39, 0.29) is 5.56 Å². The van der Waals surface area contributed by atoms with Gasteiger partial charge in [-0.1, -0.05) is 23.9 Å². The van der Waals surface area contributed by atoms with Crippen LogP contribution in [0.5, 0.6) is 0 Å².